The minimum absolute atomic E-state index is 0.0184. The molecule has 2 aliphatic rings. The van der Waals surface area contributed by atoms with Gasteiger partial charge in [-0.3, -0.25) is 19.3 Å². The van der Waals surface area contributed by atoms with Crippen molar-refractivity contribution >= 4 is 17.6 Å². The number of imide groups is 1. The molecule has 14 heavy (non-hydrogen) atoms. The van der Waals surface area contributed by atoms with Crippen LogP contribution in [0.4, 0.5) is 0 Å². The Morgan fingerprint density at radius 3 is 2.14 bits per heavy atom. The van der Waals surface area contributed by atoms with Gasteiger partial charge in [0.15, 0.2) is 0 Å². The highest BCUT2D eigenvalue weighted by atomic mass is 16.2. The second kappa shape index (κ2) is 3.19. The minimum Gasteiger partial charge on any atom is -0.300 e. The van der Waals surface area contributed by atoms with Crippen molar-refractivity contribution in [1.29, 1.82) is 0 Å². The lowest BCUT2D eigenvalue weighted by Gasteiger charge is -2.24. The van der Waals surface area contributed by atoms with Crippen LogP contribution >= 0.6 is 0 Å². The molecule has 0 N–H and O–H groups in total. The summed E-state index contributed by atoms with van der Waals surface area (Å²) in [6.07, 6.45) is 1.97. The van der Waals surface area contributed by atoms with Gasteiger partial charge in [0.1, 0.15) is 5.78 Å². The number of rotatable bonds is 3. The van der Waals surface area contributed by atoms with Crippen molar-refractivity contribution in [2.45, 2.75) is 26.2 Å². The third-order valence-electron chi connectivity index (χ3n) is 3.13. The van der Waals surface area contributed by atoms with E-state index >= 15 is 0 Å². The molecule has 0 aromatic rings. The van der Waals surface area contributed by atoms with E-state index in [1.54, 1.807) is 0 Å². The first kappa shape index (κ1) is 9.37. The first-order chi connectivity index (χ1) is 6.61. The van der Waals surface area contributed by atoms with Crippen molar-refractivity contribution in [1.82, 2.24) is 4.90 Å². The molecule has 76 valence electrons. The van der Waals surface area contributed by atoms with Crippen LogP contribution in [-0.2, 0) is 14.4 Å². The molecule has 1 saturated carbocycles. The highest BCUT2D eigenvalue weighted by Crippen LogP contribution is 2.42. The molecule has 1 aliphatic heterocycles. The molecule has 1 aliphatic carbocycles. The van der Waals surface area contributed by atoms with Crippen molar-refractivity contribution in [3.8, 4) is 0 Å². The van der Waals surface area contributed by atoms with Crippen LogP contribution in [0.1, 0.15) is 26.2 Å². The lowest BCUT2D eigenvalue weighted by molar-refractivity contribution is -0.139. The summed E-state index contributed by atoms with van der Waals surface area (Å²) in [4.78, 5) is 35.2. The lowest BCUT2D eigenvalue weighted by atomic mass is 9.76. The van der Waals surface area contributed by atoms with Gasteiger partial charge in [-0.25, -0.2) is 0 Å². The summed E-state index contributed by atoms with van der Waals surface area (Å²) in [5.74, 6) is -0.228. The SMILES string of the molecule is CC(=O)CCN1C(=O)C2CCC2C1=O. The number of hydrogen-bond donors (Lipinski definition) is 0. The van der Waals surface area contributed by atoms with Gasteiger partial charge in [0.2, 0.25) is 11.8 Å². The fourth-order valence-electron chi connectivity index (χ4n) is 2.09. The Bertz CT molecular complexity index is 288. The Kier molecular flexibility index (Phi) is 2.13. The summed E-state index contributed by atoms with van der Waals surface area (Å²) in [6, 6.07) is 0. The molecule has 4 nitrogen and oxygen atoms in total. The van der Waals surface area contributed by atoms with Crippen LogP contribution in [0.2, 0.25) is 0 Å². The monoisotopic (exact) mass is 195 g/mol. The molecular formula is C10H13NO3. The van der Waals surface area contributed by atoms with Crippen molar-refractivity contribution in [2.24, 2.45) is 11.8 Å². The molecule has 4 heteroatoms. The molecule has 2 unspecified atom stereocenters. The molecule has 1 heterocycles. The number of Topliss-reactive ketones (excluding diaryl/α,β-unsaturated/α-hetero) is 1. The van der Waals surface area contributed by atoms with Gasteiger partial charge in [0.25, 0.3) is 0 Å². The summed E-state index contributed by atoms with van der Waals surface area (Å²) in [5.41, 5.74) is 0. The zero-order valence-corrected chi connectivity index (χ0v) is 8.16. The van der Waals surface area contributed by atoms with Crippen LogP contribution in [0, 0.1) is 11.8 Å². The van der Waals surface area contributed by atoms with Crippen LogP contribution < -0.4 is 0 Å². The summed E-state index contributed by atoms with van der Waals surface area (Å²) < 4.78 is 0. The minimum atomic E-state index is -0.0625. The van der Waals surface area contributed by atoms with Gasteiger partial charge < -0.3 is 0 Å². The molecule has 0 radical (unpaired) electrons. The Morgan fingerprint density at radius 1 is 1.29 bits per heavy atom. The average Bonchev–Trinajstić information content (AvgIpc) is 2.15. The van der Waals surface area contributed by atoms with Crippen LogP contribution in [0.15, 0.2) is 0 Å². The topological polar surface area (TPSA) is 54.5 Å². The zero-order chi connectivity index (χ0) is 10.3. The van der Waals surface area contributed by atoms with E-state index in [0.29, 0.717) is 0 Å². The average molecular weight is 195 g/mol. The van der Waals surface area contributed by atoms with E-state index in [4.69, 9.17) is 0 Å². The van der Waals surface area contributed by atoms with Gasteiger partial charge >= 0.3 is 0 Å². The number of ketones is 1. The molecular weight excluding hydrogens is 182 g/mol. The van der Waals surface area contributed by atoms with E-state index in [2.05, 4.69) is 0 Å². The number of likely N-dealkylation sites (tertiary alicyclic amines) is 1. The van der Waals surface area contributed by atoms with Crippen LogP contribution in [0.5, 0.6) is 0 Å². The van der Waals surface area contributed by atoms with E-state index in [0.717, 1.165) is 12.8 Å². The molecule has 0 bridgehead atoms. The van der Waals surface area contributed by atoms with Crippen LogP contribution in [0.25, 0.3) is 0 Å². The first-order valence-corrected chi connectivity index (χ1v) is 4.96. The fraction of sp³-hybridized carbons (Fsp3) is 0.700. The van der Waals surface area contributed by atoms with Crippen molar-refractivity contribution in [3.63, 3.8) is 0 Å². The highest BCUT2D eigenvalue weighted by molar-refractivity contribution is 6.06. The number of carbonyl (C=O) groups is 3. The number of amides is 2. The van der Waals surface area contributed by atoms with Gasteiger partial charge in [0, 0.05) is 13.0 Å². The first-order valence-electron chi connectivity index (χ1n) is 4.96. The van der Waals surface area contributed by atoms with E-state index in [1.165, 1.54) is 11.8 Å². The standard InChI is InChI=1S/C10H13NO3/c1-6(12)4-5-11-9(13)7-2-3-8(7)10(11)14/h7-8H,2-5H2,1H3. The predicted molar refractivity (Wildman–Crippen MR) is 48.2 cm³/mol. The maximum absolute atomic E-state index is 11.6. The highest BCUT2D eigenvalue weighted by Gasteiger charge is 2.52. The van der Waals surface area contributed by atoms with E-state index in [1.807, 2.05) is 0 Å². The van der Waals surface area contributed by atoms with Gasteiger partial charge in [-0.2, -0.15) is 0 Å². The third kappa shape index (κ3) is 1.25. The molecule has 2 atom stereocenters. The molecule has 0 aromatic carbocycles. The molecule has 1 saturated heterocycles. The Morgan fingerprint density at radius 2 is 1.79 bits per heavy atom. The van der Waals surface area contributed by atoms with Crippen molar-refractivity contribution in [2.75, 3.05) is 6.54 Å². The molecule has 0 aromatic heterocycles. The Hall–Kier alpha value is -1.19. The van der Waals surface area contributed by atoms with E-state index < -0.39 is 0 Å². The van der Waals surface area contributed by atoms with Crippen molar-refractivity contribution in [3.05, 3.63) is 0 Å². The third-order valence-corrected chi connectivity index (χ3v) is 3.13. The normalized spacial score (nSPS) is 30.2. The number of fused-ring (bicyclic) bond motifs is 1. The quantitative estimate of drug-likeness (QED) is 0.611. The second-order valence-corrected chi connectivity index (χ2v) is 4.07. The van der Waals surface area contributed by atoms with Crippen LogP contribution in [-0.4, -0.2) is 29.0 Å². The molecule has 2 amide bonds. The van der Waals surface area contributed by atoms with E-state index in [-0.39, 0.29) is 42.4 Å². The summed E-state index contributed by atoms with van der Waals surface area (Å²) >= 11 is 0. The number of nitrogens with zero attached hydrogens (tertiary/aromatic N) is 1. The Labute approximate surface area is 82.3 Å². The van der Waals surface area contributed by atoms with Gasteiger partial charge in [-0.05, 0) is 19.8 Å². The largest absolute Gasteiger partial charge is 0.300 e. The summed E-state index contributed by atoms with van der Waals surface area (Å²) in [7, 11) is 0. The fourth-order valence-corrected chi connectivity index (χ4v) is 2.09. The van der Waals surface area contributed by atoms with Crippen molar-refractivity contribution < 1.29 is 14.4 Å². The predicted octanol–water partition coefficient (Wildman–Crippen LogP) is 0.361. The maximum Gasteiger partial charge on any atom is 0.233 e. The molecule has 2 rings (SSSR count). The van der Waals surface area contributed by atoms with Gasteiger partial charge in [0.05, 0.1) is 11.8 Å². The van der Waals surface area contributed by atoms with Crippen LogP contribution in [0.3, 0.4) is 0 Å². The molecule has 0 spiro atoms. The smallest absolute Gasteiger partial charge is 0.233 e. The summed E-state index contributed by atoms with van der Waals surface area (Å²) in [6.45, 7) is 1.75. The lowest BCUT2D eigenvalue weighted by Crippen LogP contribution is -2.32. The Balaban J connectivity index is 2.01. The summed E-state index contributed by atoms with van der Waals surface area (Å²) in [5, 5.41) is 0. The number of carbonyl (C=O) groups excluding carboxylic acids is 3. The maximum atomic E-state index is 11.6. The van der Waals surface area contributed by atoms with Gasteiger partial charge in [-0.1, -0.05) is 0 Å². The second-order valence-electron chi connectivity index (χ2n) is 4.07. The zero-order valence-electron chi connectivity index (χ0n) is 8.16. The number of hydrogen-bond acceptors (Lipinski definition) is 3. The molecule has 2 fully saturated rings. The van der Waals surface area contributed by atoms with Gasteiger partial charge in [-0.15, -0.1) is 0 Å². The van der Waals surface area contributed by atoms with E-state index in [9.17, 15) is 14.4 Å².